The van der Waals surface area contributed by atoms with Crippen molar-refractivity contribution in [2.45, 2.75) is 6.54 Å². The lowest BCUT2D eigenvalue weighted by atomic mass is 10.3. The first-order valence-electron chi connectivity index (χ1n) is 5.88. The highest BCUT2D eigenvalue weighted by Gasteiger charge is 2.11. The average Bonchev–Trinajstić information content (AvgIpc) is 2.83. The van der Waals surface area contributed by atoms with Crippen LogP contribution in [0.5, 0.6) is 0 Å². The molecule has 0 bridgehead atoms. The fraction of sp³-hybridized carbons (Fsp3) is 0.167. The summed E-state index contributed by atoms with van der Waals surface area (Å²) >= 11 is 0. The van der Waals surface area contributed by atoms with Gasteiger partial charge in [-0.05, 0) is 24.3 Å². The van der Waals surface area contributed by atoms with Gasteiger partial charge in [-0.1, -0.05) is 6.07 Å². The fourth-order valence-corrected chi connectivity index (χ4v) is 2.21. The van der Waals surface area contributed by atoms with Gasteiger partial charge in [0, 0.05) is 5.69 Å². The smallest absolute Gasteiger partial charge is 0.404 e. The molecule has 1 aromatic carbocycles. The van der Waals surface area contributed by atoms with Gasteiger partial charge in [-0.15, -0.1) is 0 Å². The monoisotopic (exact) mass is 311 g/mol. The van der Waals surface area contributed by atoms with Crippen LogP contribution in [-0.4, -0.2) is 19.6 Å². The number of rotatable bonds is 6. The molecule has 0 amide bonds. The topological polar surface area (TPSA) is 114 Å². The Morgan fingerprint density at radius 2 is 1.95 bits per heavy atom. The van der Waals surface area contributed by atoms with E-state index in [4.69, 9.17) is 4.42 Å². The van der Waals surface area contributed by atoms with Gasteiger partial charge in [0.2, 0.25) is 10.0 Å². The summed E-state index contributed by atoms with van der Waals surface area (Å²) in [4.78, 5) is 9.88. The van der Waals surface area contributed by atoms with Crippen molar-refractivity contribution in [2.75, 3.05) is 16.3 Å². The van der Waals surface area contributed by atoms with E-state index in [1.807, 2.05) is 0 Å². The zero-order valence-corrected chi connectivity index (χ0v) is 11.9. The van der Waals surface area contributed by atoms with Gasteiger partial charge in [0.25, 0.3) is 0 Å². The number of anilines is 2. The van der Waals surface area contributed by atoms with E-state index in [9.17, 15) is 18.5 Å². The van der Waals surface area contributed by atoms with E-state index in [1.54, 1.807) is 24.3 Å². The maximum absolute atomic E-state index is 11.1. The number of benzene rings is 1. The lowest BCUT2D eigenvalue weighted by Crippen LogP contribution is -2.09. The molecule has 0 spiro atoms. The molecule has 0 fully saturated rings. The molecule has 112 valence electrons. The van der Waals surface area contributed by atoms with Gasteiger partial charge in [0.1, 0.15) is 10.7 Å². The van der Waals surface area contributed by atoms with E-state index in [0.717, 1.165) is 6.26 Å². The maximum atomic E-state index is 11.1. The minimum atomic E-state index is -3.34. The van der Waals surface area contributed by atoms with E-state index in [1.165, 1.54) is 12.1 Å². The third-order valence-electron chi connectivity index (χ3n) is 2.46. The van der Waals surface area contributed by atoms with Gasteiger partial charge < -0.3 is 9.73 Å². The highest BCUT2D eigenvalue weighted by atomic mass is 32.2. The Bertz CT molecular complexity index is 754. The van der Waals surface area contributed by atoms with Gasteiger partial charge in [0.05, 0.1) is 24.6 Å². The second-order valence-electron chi connectivity index (χ2n) is 4.31. The van der Waals surface area contributed by atoms with Crippen molar-refractivity contribution >= 4 is 27.3 Å². The Balaban J connectivity index is 2.02. The molecule has 2 aromatic rings. The third kappa shape index (κ3) is 4.49. The normalized spacial score (nSPS) is 11.1. The highest BCUT2D eigenvalue weighted by molar-refractivity contribution is 7.92. The molecule has 8 nitrogen and oxygen atoms in total. The van der Waals surface area contributed by atoms with E-state index in [2.05, 4.69) is 10.0 Å². The Hall–Kier alpha value is -2.55. The first kappa shape index (κ1) is 14.9. The summed E-state index contributed by atoms with van der Waals surface area (Å²) < 4.78 is 29.7. The van der Waals surface area contributed by atoms with Crippen molar-refractivity contribution < 1.29 is 17.8 Å². The van der Waals surface area contributed by atoms with Crippen LogP contribution in [0.1, 0.15) is 5.76 Å². The predicted molar refractivity (Wildman–Crippen MR) is 77.6 cm³/mol. The number of sulfonamides is 1. The quantitative estimate of drug-likeness (QED) is 0.624. The van der Waals surface area contributed by atoms with Crippen molar-refractivity contribution in [3.05, 3.63) is 52.3 Å². The van der Waals surface area contributed by atoms with Gasteiger partial charge in [0.15, 0.2) is 0 Å². The predicted octanol–water partition coefficient (Wildman–Crippen LogP) is 2.17. The minimum absolute atomic E-state index is 0.246. The summed E-state index contributed by atoms with van der Waals surface area (Å²) in [5, 5.41) is 13.5. The molecule has 0 aliphatic rings. The molecule has 0 atom stereocenters. The lowest BCUT2D eigenvalue weighted by Gasteiger charge is -2.08. The molecule has 2 rings (SSSR count). The Morgan fingerprint density at radius 3 is 2.57 bits per heavy atom. The van der Waals surface area contributed by atoms with Crippen molar-refractivity contribution in [3.63, 3.8) is 0 Å². The van der Waals surface area contributed by atoms with Crippen molar-refractivity contribution in [3.8, 4) is 0 Å². The van der Waals surface area contributed by atoms with Gasteiger partial charge in [-0.25, -0.2) is 8.42 Å². The summed E-state index contributed by atoms with van der Waals surface area (Å²) in [5.41, 5.74) is 1.08. The number of hydrogen-bond donors (Lipinski definition) is 2. The molecular formula is C12H13N3O5S. The SMILES string of the molecule is CS(=O)(=O)Nc1cccc(NCc2ccc([N+](=O)[O-])o2)c1. The van der Waals surface area contributed by atoms with Crippen LogP contribution < -0.4 is 10.0 Å². The van der Waals surface area contributed by atoms with Crippen molar-refractivity contribution in [1.82, 2.24) is 0 Å². The molecule has 0 unspecified atom stereocenters. The highest BCUT2D eigenvalue weighted by Crippen LogP contribution is 2.19. The Kier molecular flexibility index (Phi) is 4.13. The number of nitrogens with zero attached hydrogens (tertiary/aromatic N) is 1. The maximum Gasteiger partial charge on any atom is 0.433 e. The van der Waals surface area contributed by atoms with Crippen LogP contribution in [0.4, 0.5) is 17.3 Å². The molecule has 9 heteroatoms. The average molecular weight is 311 g/mol. The first-order chi connectivity index (χ1) is 9.83. The number of hydrogen-bond acceptors (Lipinski definition) is 6. The van der Waals surface area contributed by atoms with Crippen LogP contribution >= 0.6 is 0 Å². The van der Waals surface area contributed by atoms with E-state index >= 15 is 0 Å². The van der Waals surface area contributed by atoms with Gasteiger partial charge in [-0.2, -0.15) is 0 Å². The zero-order chi connectivity index (χ0) is 15.5. The zero-order valence-electron chi connectivity index (χ0n) is 11.1. The molecule has 2 N–H and O–H groups in total. The second-order valence-corrected chi connectivity index (χ2v) is 6.05. The van der Waals surface area contributed by atoms with Crippen molar-refractivity contribution in [2.24, 2.45) is 0 Å². The number of furan rings is 1. The minimum Gasteiger partial charge on any atom is -0.404 e. The standard InChI is InChI=1S/C12H13N3O5S/c1-21(18,19)14-10-4-2-3-9(7-10)13-8-11-5-6-12(20-11)15(16)17/h2-7,13-14H,8H2,1H3. The summed E-state index contributed by atoms with van der Waals surface area (Å²) in [6.45, 7) is 0.246. The molecule has 1 heterocycles. The van der Waals surface area contributed by atoms with Crippen molar-refractivity contribution in [1.29, 1.82) is 0 Å². The summed E-state index contributed by atoms with van der Waals surface area (Å²) in [7, 11) is -3.34. The molecule has 21 heavy (non-hydrogen) atoms. The number of nitro groups is 1. The molecule has 0 aliphatic carbocycles. The van der Waals surface area contributed by atoms with Gasteiger partial charge in [-0.3, -0.25) is 14.8 Å². The van der Waals surface area contributed by atoms with Crippen LogP contribution in [0.25, 0.3) is 0 Å². The van der Waals surface area contributed by atoms with E-state index < -0.39 is 14.9 Å². The first-order valence-corrected chi connectivity index (χ1v) is 7.77. The van der Waals surface area contributed by atoms with Gasteiger partial charge >= 0.3 is 5.88 Å². The summed E-state index contributed by atoms with van der Waals surface area (Å²) in [6.07, 6.45) is 1.06. The molecular weight excluding hydrogens is 298 g/mol. The Morgan fingerprint density at radius 1 is 1.24 bits per heavy atom. The molecule has 0 aliphatic heterocycles. The van der Waals surface area contributed by atoms with E-state index in [-0.39, 0.29) is 12.4 Å². The Labute approximate surface area is 121 Å². The summed E-state index contributed by atoms with van der Waals surface area (Å²) in [5.74, 6) is 0.0856. The van der Waals surface area contributed by atoms with Crippen LogP contribution in [0, 0.1) is 10.1 Å². The lowest BCUT2D eigenvalue weighted by molar-refractivity contribution is -0.402. The van der Waals surface area contributed by atoms with E-state index in [0.29, 0.717) is 17.1 Å². The second kappa shape index (κ2) is 5.83. The molecule has 1 aromatic heterocycles. The fourth-order valence-electron chi connectivity index (χ4n) is 1.66. The van der Waals surface area contributed by atoms with Crippen LogP contribution in [0.3, 0.4) is 0 Å². The van der Waals surface area contributed by atoms with Crippen LogP contribution in [0.15, 0.2) is 40.8 Å². The summed E-state index contributed by atoms with van der Waals surface area (Å²) in [6, 6.07) is 9.43. The third-order valence-corrected chi connectivity index (χ3v) is 3.07. The molecule has 0 saturated heterocycles. The number of nitrogens with one attached hydrogen (secondary N) is 2. The molecule has 0 radical (unpaired) electrons. The van der Waals surface area contributed by atoms with Crippen LogP contribution in [-0.2, 0) is 16.6 Å². The molecule has 0 saturated carbocycles. The van der Waals surface area contributed by atoms with Crippen LogP contribution in [0.2, 0.25) is 0 Å². The largest absolute Gasteiger partial charge is 0.433 e.